The van der Waals surface area contributed by atoms with E-state index in [4.69, 9.17) is 5.73 Å². The molecule has 3 aromatic heterocycles. The van der Waals surface area contributed by atoms with Gasteiger partial charge >= 0.3 is 0 Å². The minimum absolute atomic E-state index is 0.727. The predicted octanol–water partition coefficient (Wildman–Crippen LogP) is 3.04. The van der Waals surface area contributed by atoms with Crippen LogP contribution in [-0.2, 0) is 0 Å². The molecule has 3 heterocycles. The van der Waals surface area contributed by atoms with E-state index in [1.807, 2.05) is 55.0 Å². The zero-order valence-electron chi connectivity index (χ0n) is 11.7. The summed E-state index contributed by atoms with van der Waals surface area (Å²) in [5.74, 6) is 0. The van der Waals surface area contributed by atoms with Gasteiger partial charge in [-0.3, -0.25) is 4.98 Å². The van der Waals surface area contributed by atoms with E-state index in [2.05, 4.69) is 15.1 Å². The van der Waals surface area contributed by atoms with E-state index >= 15 is 0 Å². The van der Waals surface area contributed by atoms with E-state index in [1.165, 1.54) is 0 Å². The Hall–Kier alpha value is -3.21. The standard InChI is InChI=1S/C17H13N5/c18-15-3-1-2-13(8-15)16-10-21-22-11-14(9-20-17(16)22)12-4-6-19-7-5-12/h1-11H,18H2. The molecule has 2 N–H and O–H groups in total. The molecule has 0 saturated heterocycles. The first-order valence-electron chi connectivity index (χ1n) is 6.91. The number of rotatable bonds is 2. The van der Waals surface area contributed by atoms with Gasteiger partial charge in [0, 0.05) is 41.6 Å². The quantitative estimate of drug-likeness (QED) is 0.575. The Balaban J connectivity index is 1.84. The fraction of sp³-hybridized carbons (Fsp3) is 0. The van der Waals surface area contributed by atoms with E-state index in [0.29, 0.717) is 0 Å². The fourth-order valence-corrected chi connectivity index (χ4v) is 2.48. The van der Waals surface area contributed by atoms with Crippen LogP contribution < -0.4 is 5.73 Å². The molecule has 0 bridgehead atoms. The Morgan fingerprint density at radius 3 is 2.59 bits per heavy atom. The average Bonchev–Trinajstić information content (AvgIpc) is 2.99. The number of benzene rings is 1. The highest BCUT2D eigenvalue weighted by molar-refractivity contribution is 5.79. The van der Waals surface area contributed by atoms with Crippen LogP contribution in [0.4, 0.5) is 5.69 Å². The third-order valence-corrected chi connectivity index (χ3v) is 3.57. The third-order valence-electron chi connectivity index (χ3n) is 3.57. The zero-order chi connectivity index (χ0) is 14.9. The van der Waals surface area contributed by atoms with Crippen LogP contribution in [0.2, 0.25) is 0 Å². The fourth-order valence-electron chi connectivity index (χ4n) is 2.48. The van der Waals surface area contributed by atoms with Gasteiger partial charge in [0.25, 0.3) is 0 Å². The second-order valence-corrected chi connectivity index (χ2v) is 5.03. The van der Waals surface area contributed by atoms with Gasteiger partial charge < -0.3 is 5.73 Å². The van der Waals surface area contributed by atoms with E-state index in [1.54, 1.807) is 16.9 Å². The summed E-state index contributed by atoms with van der Waals surface area (Å²) < 4.78 is 1.79. The topological polar surface area (TPSA) is 69.1 Å². The molecule has 0 spiro atoms. The monoisotopic (exact) mass is 287 g/mol. The first kappa shape index (κ1) is 12.5. The van der Waals surface area contributed by atoms with Crippen LogP contribution in [0, 0.1) is 0 Å². The Morgan fingerprint density at radius 1 is 0.909 bits per heavy atom. The lowest BCUT2D eigenvalue weighted by molar-refractivity contribution is 0.941. The number of nitrogen functional groups attached to an aromatic ring is 1. The third kappa shape index (κ3) is 2.09. The van der Waals surface area contributed by atoms with Crippen LogP contribution in [-0.4, -0.2) is 19.6 Å². The van der Waals surface area contributed by atoms with Gasteiger partial charge in [-0.25, -0.2) is 9.50 Å². The zero-order valence-corrected chi connectivity index (χ0v) is 11.7. The van der Waals surface area contributed by atoms with Gasteiger partial charge in [0.1, 0.15) is 0 Å². The first-order valence-corrected chi connectivity index (χ1v) is 6.91. The number of nitrogens with two attached hydrogens (primary N) is 1. The van der Waals surface area contributed by atoms with Crippen LogP contribution in [0.5, 0.6) is 0 Å². The number of aromatic nitrogens is 4. The number of hydrogen-bond acceptors (Lipinski definition) is 4. The summed E-state index contributed by atoms with van der Waals surface area (Å²) in [6, 6.07) is 11.6. The Morgan fingerprint density at radius 2 is 1.77 bits per heavy atom. The van der Waals surface area contributed by atoms with E-state index in [9.17, 15) is 0 Å². The summed E-state index contributed by atoms with van der Waals surface area (Å²) >= 11 is 0. The van der Waals surface area contributed by atoms with Crippen molar-refractivity contribution >= 4 is 11.3 Å². The van der Waals surface area contributed by atoms with Gasteiger partial charge in [-0.15, -0.1) is 0 Å². The molecule has 106 valence electrons. The Bertz CT molecular complexity index is 944. The predicted molar refractivity (Wildman–Crippen MR) is 86.1 cm³/mol. The summed E-state index contributed by atoms with van der Waals surface area (Å²) in [4.78, 5) is 8.59. The van der Waals surface area contributed by atoms with Crippen LogP contribution in [0.3, 0.4) is 0 Å². The summed E-state index contributed by atoms with van der Waals surface area (Å²) in [7, 11) is 0. The van der Waals surface area contributed by atoms with Crippen LogP contribution in [0.1, 0.15) is 0 Å². The van der Waals surface area contributed by atoms with Crippen molar-refractivity contribution in [3.63, 3.8) is 0 Å². The number of nitrogens with zero attached hydrogens (tertiary/aromatic N) is 4. The number of fused-ring (bicyclic) bond motifs is 1. The highest BCUT2D eigenvalue weighted by Gasteiger charge is 2.09. The molecule has 0 fully saturated rings. The SMILES string of the molecule is Nc1cccc(-c2cnn3cc(-c4ccncc4)cnc23)c1. The molecule has 0 radical (unpaired) electrons. The second-order valence-electron chi connectivity index (χ2n) is 5.03. The van der Waals surface area contributed by atoms with Crippen molar-refractivity contribution in [2.24, 2.45) is 0 Å². The maximum absolute atomic E-state index is 5.86. The Kier molecular flexibility index (Phi) is 2.83. The molecule has 0 amide bonds. The molecule has 0 aliphatic rings. The van der Waals surface area contributed by atoms with Crippen molar-refractivity contribution in [2.75, 3.05) is 5.73 Å². The lowest BCUT2D eigenvalue weighted by Gasteiger charge is -2.03. The van der Waals surface area contributed by atoms with Crippen LogP contribution in [0.25, 0.3) is 27.9 Å². The van der Waals surface area contributed by atoms with Crippen LogP contribution in [0.15, 0.2) is 67.4 Å². The maximum atomic E-state index is 5.86. The van der Waals surface area contributed by atoms with Gasteiger partial charge in [0.15, 0.2) is 5.65 Å². The van der Waals surface area contributed by atoms with Crippen molar-refractivity contribution in [1.82, 2.24) is 19.6 Å². The molecular weight excluding hydrogens is 274 g/mol. The average molecular weight is 287 g/mol. The summed E-state index contributed by atoms with van der Waals surface area (Å²) in [6.45, 7) is 0. The summed E-state index contributed by atoms with van der Waals surface area (Å²) in [6.07, 6.45) is 9.16. The smallest absolute Gasteiger partial charge is 0.162 e. The molecule has 4 rings (SSSR count). The van der Waals surface area contributed by atoms with Gasteiger partial charge in [-0.05, 0) is 35.4 Å². The van der Waals surface area contributed by atoms with Gasteiger partial charge in [0.2, 0.25) is 0 Å². The summed E-state index contributed by atoms with van der Waals surface area (Å²) in [5.41, 5.74) is 11.4. The van der Waals surface area contributed by atoms with E-state index < -0.39 is 0 Å². The molecule has 0 aliphatic heterocycles. The molecule has 0 unspecified atom stereocenters. The van der Waals surface area contributed by atoms with Gasteiger partial charge in [0.05, 0.1) is 6.20 Å². The Labute approximate surface area is 127 Å². The first-order chi connectivity index (χ1) is 10.8. The van der Waals surface area contributed by atoms with Crippen molar-refractivity contribution in [3.05, 3.63) is 67.4 Å². The second kappa shape index (κ2) is 4.96. The van der Waals surface area contributed by atoms with Crippen molar-refractivity contribution in [3.8, 4) is 22.3 Å². The molecule has 1 aromatic carbocycles. The molecule has 4 aromatic rings. The van der Waals surface area contributed by atoms with E-state index in [-0.39, 0.29) is 0 Å². The molecular formula is C17H13N5. The molecule has 0 aliphatic carbocycles. The normalized spacial score (nSPS) is 10.9. The van der Waals surface area contributed by atoms with Crippen molar-refractivity contribution < 1.29 is 0 Å². The van der Waals surface area contributed by atoms with Gasteiger partial charge in [-0.2, -0.15) is 5.10 Å². The number of pyridine rings is 1. The summed E-state index contributed by atoms with van der Waals surface area (Å²) in [5, 5.41) is 4.41. The number of anilines is 1. The maximum Gasteiger partial charge on any atom is 0.162 e. The van der Waals surface area contributed by atoms with Gasteiger partial charge in [-0.1, -0.05) is 12.1 Å². The minimum atomic E-state index is 0.727. The van der Waals surface area contributed by atoms with Crippen molar-refractivity contribution in [2.45, 2.75) is 0 Å². The van der Waals surface area contributed by atoms with E-state index in [0.717, 1.165) is 33.6 Å². The molecule has 5 nitrogen and oxygen atoms in total. The molecule has 5 heteroatoms. The molecule has 0 saturated carbocycles. The number of hydrogen-bond donors (Lipinski definition) is 1. The molecule has 22 heavy (non-hydrogen) atoms. The minimum Gasteiger partial charge on any atom is -0.399 e. The lowest BCUT2D eigenvalue weighted by atomic mass is 10.1. The van der Waals surface area contributed by atoms with Crippen LogP contribution >= 0.6 is 0 Å². The highest BCUT2D eigenvalue weighted by atomic mass is 15.2. The van der Waals surface area contributed by atoms with Crippen molar-refractivity contribution in [1.29, 1.82) is 0 Å². The lowest BCUT2D eigenvalue weighted by Crippen LogP contribution is -1.92. The largest absolute Gasteiger partial charge is 0.399 e. The molecule has 0 atom stereocenters. The highest BCUT2D eigenvalue weighted by Crippen LogP contribution is 2.26.